The molecule has 2 aromatic rings. The number of nitrogens with zero attached hydrogens (tertiary/aromatic N) is 1. The second kappa shape index (κ2) is 8.22. The second-order valence-corrected chi connectivity index (χ2v) is 6.35. The van der Waals surface area contributed by atoms with Crippen LogP contribution in [0.25, 0.3) is 10.9 Å². The fourth-order valence-corrected chi connectivity index (χ4v) is 2.61. The van der Waals surface area contributed by atoms with Crippen molar-refractivity contribution in [2.75, 3.05) is 7.11 Å². The zero-order valence-corrected chi connectivity index (χ0v) is 15.8. The van der Waals surface area contributed by atoms with E-state index in [0.29, 0.717) is 7.11 Å². The van der Waals surface area contributed by atoms with Gasteiger partial charge in [-0.15, -0.1) is 0 Å². The number of fused-ring (bicyclic) bond motifs is 1. The van der Waals surface area contributed by atoms with Crippen molar-refractivity contribution in [3.05, 3.63) is 36.0 Å². The van der Waals surface area contributed by atoms with Crippen molar-refractivity contribution < 1.29 is 63.0 Å². The van der Waals surface area contributed by atoms with Gasteiger partial charge in [0.1, 0.15) is 0 Å². The van der Waals surface area contributed by atoms with E-state index >= 15 is 0 Å². The molecule has 0 saturated carbocycles. The molecule has 1 heterocycles. The zero-order chi connectivity index (χ0) is 25.6. The van der Waals surface area contributed by atoms with Crippen molar-refractivity contribution in [3.8, 4) is 0 Å². The molecule has 1 N–H and O–H groups in total. The van der Waals surface area contributed by atoms with Crippen molar-refractivity contribution >= 4 is 28.7 Å². The number of halogens is 10. The summed E-state index contributed by atoms with van der Waals surface area (Å²) in [6.45, 7) is 0. The zero-order valence-electron chi connectivity index (χ0n) is 15.8. The third-order valence-electron chi connectivity index (χ3n) is 4.25. The Hall–Kier alpha value is -3.33. The van der Waals surface area contributed by atoms with Crippen LogP contribution in [0.5, 0.6) is 0 Å². The molecule has 0 aliphatic heterocycles. The number of carbonyl (C=O) groups excluding carboxylic acids is 3. The quantitative estimate of drug-likeness (QED) is 0.502. The highest BCUT2D eigenvalue weighted by Crippen LogP contribution is 2.39. The summed E-state index contributed by atoms with van der Waals surface area (Å²) in [7, 11) is 0.617. The first kappa shape index (κ1) is 25.9. The van der Waals surface area contributed by atoms with E-state index in [-0.39, 0.29) is 10.8 Å². The smallest absolute Gasteiger partial charge is 0.463 e. The van der Waals surface area contributed by atoms with Crippen molar-refractivity contribution in [1.29, 1.82) is 0 Å². The first-order valence-electron chi connectivity index (χ1n) is 8.30. The Morgan fingerprint density at radius 1 is 0.879 bits per heavy atom. The van der Waals surface area contributed by atoms with E-state index in [0.717, 1.165) is 29.6 Å². The average Bonchev–Trinajstić information content (AvgIpc) is 3.08. The van der Waals surface area contributed by atoms with Gasteiger partial charge in [0.2, 0.25) is 0 Å². The van der Waals surface area contributed by atoms with Crippen molar-refractivity contribution in [1.82, 2.24) is 9.88 Å². The Morgan fingerprint density at radius 3 is 1.88 bits per heavy atom. The molecule has 0 radical (unpaired) electrons. The lowest BCUT2D eigenvalue weighted by molar-refractivity contribution is -0.270. The Morgan fingerprint density at radius 2 is 1.39 bits per heavy atom. The number of hydrogen-bond acceptors (Lipinski definition) is 4. The maximum absolute atomic E-state index is 13.6. The molecular weight excluding hydrogens is 486 g/mol. The van der Waals surface area contributed by atoms with E-state index in [1.165, 1.54) is 0 Å². The number of nitrogens with one attached hydrogen (secondary N) is 1. The third kappa shape index (κ3) is 4.45. The van der Waals surface area contributed by atoms with Crippen LogP contribution in [0.4, 0.5) is 43.9 Å². The number of para-hydroxylation sites is 1. The minimum atomic E-state index is -6.39. The topological polar surface area (TPSA) is 77.4 Å². The molecule has 0 saturated heterocycles. The molecule has 0 spiro atoms. The Labute approximate surface area is 176 Å². The van der Waals surface area contributed by atoms with Gasteiger partial charge in [0.05, 0.1) is 12.6 Å². The molecule has 1 amide bonds. The molecule has 1 atom stereocenters. The van der Waals surface area contributed by atoms with Crippen LogP contribution in [0.3, 0.4) is 0 Å². The molecule has 33 heavy (non-hydrogen) atoms. The number of amides is 1. The monoisotopic (exact) mass is 496 g/mol. The van der Waals surface area contributed by atoms with Crippen LogP contribution in [0, 0.1) is 0 Å². The van der Waals surface area contributed by atoms with Gasteiger partial charge in [0.25, 0.3) is 0 Å². The molecule has 0 aliphatic carbocycles. The van der Waals surface area contributed by atoms with Gasteiger partial charge in [-0.1, -0.05) is 18.2 Å². The summed E-state index contributed by atoms with van der Waals surface area (Å²) in [5.41, 5.74) is -1.57. The predicted octanol–water partition coefficient (Wildman–Crippen LogP) is 4.01. The van der Waals surface area contributed by atoms with Gasteiger partial charge in [-0.2, -0.15) is 43.9 Å². The summed E-state index contributed by atoms with van der Waals surface area (Å²) < 4.78 is 133. The molecule has 0 bridgehead atoms. The van der Waals surface area contributed by atoms with Crippen LogP contribution in [-0.4, -0.2) is 53.7 Å². The molecule has 1 unspecified atom stereocenters. The van der Waals surface area contributed by atoms with Crippen molar-refractivity contribution in [2.24, 2.45) is 0 Å². The molecule has 6 nitrogen and oxygen atoms in total. The first-order chi connectivity index (χ1) is 14.9. The van der Waals surface area contributed by atoms with Crippen LogP contribution in [-0.2, 0) is 14.3 Å². The van der Waals surface area contributed by atoms with Gasteiger partial charge in [-0.25, -0.2) is 4.79 Å². The maximum Gasteiger partial charge on any atom is 0.463 e. The van der Waals surface area contributed by atoms with Crippen molar-refractivity contribution in [2.45, 2.75) is 30.2 Å². The van der Waals surface area contributed by atoms with Crippen LogP contribution in [0.1, 0.15) is 16.4 Å². The number of aromatic nitrogens is 1. The van der Waals surface area contributed by atoms with Crippen LogP contribution in [0.2, 0.25) is 0 Å². The number of rotatable bonds is 5. The van der Waals surface area contributed by atoms with E-state index in [2.05, 4.69) is 4.74 Å². The highest BCUT2D eigenvalue weighted by atomic mass is 19.4. The Bertz CT molecular complexity index is 1090. The normalized spacial score (nSPS) is 14.2. The number of ether oxygens (including phenoxy) is 1. The molecule has 1 aromatic carbocycles. The van der Waals surface area contributed by atoms with Gasteiger partial charge in [-0.05, 0) is 6.07 Å². The maximum atomic E-state index is 13.6. The lowest BCUT2D eigenvalue weighted by Crippen LogP contribution is -2.52. The summed E-state index contributed by atoms with van der Waals surface area (Å²) >= 11 is 0. The van der Waals surface area contributed by atoms with E-state index in [4.69, 9.17) is 0 Å². The van der Waals surface area contributed by atoms with E-state index in [1.807, 2.05) is 0 Å². The molecule has 1 aromatic heterocycles. The first-order valence-corrected chi connectivity index (χ1v) is 8.30. The second-order valence-electron chi connectivity index (χ2n) is 6.35. The summed E-state index contributed by atoms with van der Waals surface area (Å²) in [4.78, 5) is 35.5. The van der Waals surface area contributed by atoms with Gasteiger partial charge in [0.15, 0.2) is 6.04 Å². The standard InChI is InChI=1S/C17H10F10N2O4/c1-33-11(30)10(28-12(31)14(18,19)16(22,23)24)8-6-29(9-5-3-2-4-7(8)9)13(32)15(20,21)17(25,26)27/h2-6,10H,1H3,(H,28,31). The summed E-state index contributed by atoms with van der Waals surface area (Å²) in [6.07, 6.45) is -12.6. The van der Waals surface area contributed by atoms with Gasteiger partial charge in [0, 0.05) is 17.1 Å². The van der Waals surface area contributed by atoms with Crippen molar-refractivity contribution in [3.63, 3.8) is 0 Å². The lowest BCUT2D eigenvalue weighted by Gasteiger charge is -2.22. The van der Waals surface area contributed by atoms with Crippen LogP contribution < -0.4 is 5.32 Å². The molecule has 0 aliphatic rings. The summed E-state index contributed by atoms with van der Waals surface area (Å²) in [5.74, 6) is -19.6. The fraction of sp³-hybridized carbons (Fsp3) is 0.353. The van der Waals surface area contributed by atoms with Crippen LogP contribution >= 0.6 is 0 Å². The fourth-order valence-electron chi connectivity index (χ4n) is 2.61. The largest absolute Gasteiger partial charge is 0.467 e. The van der Waals surface area contributed by atoms with Gasteiger partial charge < -0.3 is 10.1 Å². The van der Waals surface area contributed by atoms with E-state index in [9.17, 15) is 58.3 Å². The minimum absolute atomic E-state index is 0.167. The molecule has 182 valence electrons. The molecule has 0 fully saturated rings. The van der Waals surface area contributed by atoms with E-state index in [1.54, 1.807) is 0 Å². The molecule has 2 rings (SSSR count). The molecular formula is C17H10F10N2O4. The highest BCUT2D eigenvalue weighted by Gasteiger charge is 2.65. The minimum Gasteiger partial charge on any atom is -0.467 e. The summed E-state index contributed by atoms with van der Waals surface area (Å²) in [5, 5.41) is 0.522. The highest BCUT2D eigenvalue weighted by molar-refractivity contribution is 6.00. The average molecular weight is 496 g/mol. The molecule has 16 heteroatoms. The van der Waals surface area contributed by atoms with Gasteiger partial charge >= 0.3 is 42.0 Å². The number of alkyl halides is 10. The SMILES string of the molecule is COC(=O)C(NC(=O)C(F)(F)C(F)(F)F)c1cn(C(=O)C(F)(F)C(F)(F)F)c2ccccc12. The summed E-state index contributed by atoms with van der Waals surface area (Å²) in [6, 6.07) is 1.37. The van der Waals surface area contributed by atoms with E-state index < -0.39 is 64.5 Å². The number of hydrogen-bond donors (Lipinski definition) is 1. The van der Waals surface area contributed by atoms with Gasteiger partial charge in [-0.3, -0.25) is 14.2 Å². The Balaban J connectivity index is 2.68. The lowest BCUT2D eigenvalue weighted by atomic mass is 10.1. The third-order valence-corrected chi connectivity index (χ3v) is 4.25. The predicted molar refractivity (Wildman–Crippen MR) is 87.5 cm³/mol. The number of esters is 1. The number of benzene rings is 1. The number of carbonyl (C=O) groups is 3. The Kier molecular flexibility index (Phi) is 6.46. The van der Waals surface area contributed by atoms with Crippen LogP contribution in [0.15, 0.2) is 30.5 Å². The number of methoxy groups -OCH3 is 1.